The van der Waals surface area contributed by atoms with Crippen LogP contribution >= 0.6 is 0 Å². The molecule has 29 heavy (non-hydrogen) atoms. The molecule has 0 saturated heterocycles. The van der Waals surface area contributed by atoms with Gasteiger partial charge in [0, 0.05) is 43.0 Å². The Morgan fingerprint density at radius 3 is 2.72 bits per heavy atom. The number of rotatable bonds is 3. The van der Waals surface area contributed by atoms with E-state index >= 15 is 0 Å². The number of nitrogens with one attached hydrogen (secondary N) is 1. The van der Waals surface area contributed by atoms with Crippen LogP contribution in [0.2, 0.25) is 0 Å². The lowest BCUT2D eigenvalue weighted by Crippen LogP contribution is -2.48. The second-order valence-corrected chi connectivity index (χ2v) is 8.16. The molecule has 1 aliphatic carbocycles. The fourth-order valence-electron chi connectivity index (χ4n) is 4.92. The Morgan fingerprint density at radius 1 is 1.07 bits per heavy atom. The molecule has 5 nitrogen and oxygen atoms in total. The van der Waals surface area contributed by atoms with Crippen LogP contribution in [0.1, 0.15) is 42.7 Å². The van der Waals surface area contributed by atoms with Gasteiger partial charge in [-0.1, -0.05) is 36.8 Å². The minimum Gasteiger partial charge on any atom is -0.335 e. The molecule has 2 aliphatic heterocycles. The van der Waals surface area contributed by atoms with Crippen molar-refractivity contribution in [1.82, 2.24) is 15.2 Å². The quantitative estimate of drug-likeness (QED) is 0.869. The summed E-state index contributed by atoms with van der Waals surface area (Å²) < 4.78 is 0. The number of pyridine rings is 1. The van der Waals surface area contributed by atoms with E-state index in [0.29, 0.717) is 12.5 Å². The zero-order valence-corrected chi connectivity index (χ0v) is 16.6. The number of amides is 2. The Hall–Kier alpha value is -2.95. The fraction of sp³-hybridized carbons (Fsp3) is 0.375. The summed E-state index contributed by atoms with van der Waals surface area (Å²) in [7, 11) is 0. The van der Waals surface area contributed by atoms with Crippen molar-refractivity contribution in [3.63, 3.8) is 0 Å². The van der Waals surface area contributed by atoms with E-state index in [-0.39, 0.29) is 12.1 Å². The summed E-state index contributed by atoms with van der Waals surface area (Å²) in [4.78, 5) is 23.9. The van der Waals surface area contributed by atoms with E-state index < -0.39 is 0 Å². The van der Waals surface area contributed by atoms with Crippen molar-refractivity contribution >= 4 is 11.7 Å². The largest absolute Gasteiger partial charge is 0.335 e. The van der Waals surface area contributed by atoms with Crippen molar-refractivity contribution in [3.8, 4) is 0 Å². The highest BCUT2D eigenvalue weighted by Gasteiger charge is 2.33. The van der Waals surface area contributed by atoms with Gasteiger partial charge in [-0.3, -0.25) is 9.98 Å². The van der Waals surface area contributed by atoms with Gasteiger partial charge in [-0.25, -0.2) is 4.79 Å². The lowest BCUT2D eigenvalue weighted by atomic mass is 9.94. The van der Waals surface area contributed by atoms with E-state index in [1.54, 1.807) is 12.4 Å². The van der Waals surface area contributed by atoms with E-state index in [1.165, 1.54) is 23.1 Å². The van der Waals surface area contributed by atoms with E-state index in [4.69, 9.17) is 4.99 Å². The summed E-state index contributed by atoms with van der Waals surface area (Å²) in [5.41, 5.74) is 6.06. The predicted octanol–water partition coefficient (Wildman–Crippen LogP) is 3.93. The second-order valence-electron chi connectivity index (χ2n) is 8.16. The normalized spacial score (nSPS) is 23.7. The van der Waals surface area contributed by atoms with Crippen molar-refractivity contribution < 1.29 is 4.79 Å². The molecule has 2 amide bonds. The molecule has 1 aromatic carbocycles. The molecule has 2 atom stereocenters. The molecule has 3 aliphatic rings. The minimum atomic E-state index is 0.0605. The first-order valence-electron chi connectivity index (χ1n) is 10.6. The van der Waals surface area contributed by atoms with Crippen molar-refractivity contribution in [2.45, 2.75) is 37.6 Å². The number of aromatic nitrogens is 1. The van der Waals surface area contributed by atoms with E-state index in [1.807, 2.05) is 17.0 Å². The summed E-state index contributed by atoms with van der Waals surface area (Å²) >= 11 is 0. The van der Waals surface area contributed by atoms with Crippen molar-refractivity contribution in [2.75, 3.05) is 19.6 Å². The molecule has 2 unspecified atom stereocenters. The standard InChI is InChI=1S/C24H26N4O/c29-24(27-22-8-4-7-20(22)17-5-2-1-3-6-17)28-14-11-19-15-26-23(21(19)16-28)18-9-12-25-13-10-18/h1-3,5-6,9-10,12-13,20,22H,4,7-8,11,14-16H2,(H,27,29). The first-order chi connectivity index (χ1) is 14.3. The molecule has 148 valence electrons. The lowest BCUT2D eigenvalue weighted by molar-refractivity contribution is 0.196. The monoisotopic (exact) mass is 386 g/mol. The Labute approximate surface area is 171 Å². The fourth-order valence-corrected chi connectivity index (χ4v) is 4.92. The molecule has 1 fully saturated rings. The number of benzene rings is 1. The van der Waals surface area contributed by atoms with Crippen LogP contribution in [0.4, 0.5) is 4.79 Å². The maximum absolute atomic E-state index is 13.1. The van der Waals surface area contributed by atoms with Gasteiger partial charge in [-0.05, 0) is 48.1 Å². The van der Waals surface area contributed by atoms with Gasteiger partial charge in [0.05, 0.1) is 12.3 Å². The van der Waals surface area contributed by atoms with E-state index in [2.05, 4.69) is 40.6 Å². The second kappa shape index (κ2) is 7.82. The maximum atomic E-state index is 13.1. The molecule has 0 spiro atoms. The first kappa shape index (κ1) is 18.1. The molecule has 1 aromatic heterocycles. The number of carbonyl (C=O) groups is 1. The van der Waals surface area contributed by atoms with E-state index in [9.17, 15) is 4.79 Å². The van der Waals surface area contributed by atoms with Gasteiger partial charge in [-0.15, -0.1) is 0 Å². The highest BCUT2D eigenvalue weighted by Crippen LogP contribution is 2.35. The molecule has 0 radical (unpaired) electrons. The average molecular weight is 386 g/mol. The van der Waals surface area contributed by atoms with Gasteiger partial charge in [-0.2, -0.15) is 0 Å². The lowest BCUT2D eigenvalue weighted by Gasteiger charge is -2.31. The Bertz CT molecular complexity index is 951. The van der Waals surface area contributed by atoms with Crippen LogP contribution in [-0.2, 0) is 0 Å². The van der Waals surface area contributed by atoms with Crippen molar-refractivity contribution in [3.05, 3.63) is 77.1 Å². The molecular formula is C24H26N4O. The molecule has 1 N–H and O–H groups in total. The van der Waals surface area contributed by atoms with Gasteiger partial charge in [0.15, 0.2) is 0 Å². The summed E-state index contributed by atoms with van der Waals surface area (Å²) in [5, 5.41) is 3.35. The van der Waals surface area contributed by atoms with Crippen molar-refractivity contribution in [1.29, 1.82) is 0 Å². The molecule has 0 bridgehead atoms. The molecule has 1 saturated carbocycles. The van der Waals surface area contributed by atoms with Crippen molar-refractivity contribution in [2.24, 2.45) is 4.99 Å². The number of nitrogens with zero attached hydrogens (tertiary/aromatic N) is 3. The Morgan fingerprint density at radius 2 is 1.90 bits per heavy atom. The SMILES string of the molecule is O=C(NC1CCCC1c1ccccc1)N1CCC2=C(C1)C(c1ccncc1)=NC2. The van der Waals surface area contributed by atoms with Gasteiger partial charge in [0.2, 0.25) is 0 Å². The number of aliphatic imine (C=N–C) groups is 1. The number of carbonyl (C=O) groups excluding carboxylic acids is 1. The minimum absolute atomic E-state index is 0.0605. The highest BCUT2D eigenvalue weighted by molar-refractivity contribution is 6.15. The summed E-state index contributed by atoms with van der Waals surface area (Å²) in [6.45, 7) is 2.18. The number of hydrogen-bond donors (Lipinski definition) is 1. The predicted molar refractivity (Wildman–Crippen MR) is 114 cm³/mol. The van der Waals surface area contributed by atoms with Gasteiger partial charge < -0.3 is 10.2 Å². The van der Waals surface area contributed by atoms with Gasteiger partial charge in [0.25, 0.3) is 0 Å². The third-order valence-corrected chi connectivity index (χ3v) is 6.47. The summed E-state index contributed by atoms with van der Waals surface area (Å²) in [6, 6.07) is 14.9. The number of urea groups is 1. The van der Waals surface area contributed by atoms with Crippen LogP contribution < -0.4 is 5.32 Å². The number of hydrogen-bond acceptors (Lipinski definition) is 3. The molecular weight excluding hydrogens is 360 g/mol. The third kappa shape index (κ3) is 3.57. The molecule has 5 rings (SSSR count). The highest BCUT2D eigenvalue weighted by atomic mass is 16.2. The summed E-state index contributed by atoms with van der Waals surface area (Å²) in [5.74, 6) is 0.417. The zero-order valence-electron chi connectivity index (χ0n) is 16.6. The molecule has 5 heteroatoms. The Kier molecular flexibility index (Phi) is 4.88. The third-order valence-electron chi connectivity index (χ3n) is 6.47. The van der Waals surface area contributed by atoms with Crippen LogP contribution in [0.3, 0.4) is 0 Å². The van der Waals surface area contributed by atoms with Gasteiger partial charge in [0.1, 0.15) is 0 Å². The molecule has 2 aromatic rings. The molecule has 3 heterocycles. The first-order valence-corrected chi connectivity index (χ1v) is 10.6. The smallest absolute Gasteiger partial charge is 0.317 e. The Balaban J connectivity index is 1.28. The van der Waals surface area contributed by atoms with Crippen LogP contribution in [0.15, 0.2) is 71.0 Å². The summed E-state index contributed by atoms with van der Waals surface area (Å²) in [6.07, 6.45) is 7.87. The maximum Gasteiger partial charge on any atom is 0.317 e. The average Bonchev–Trinajstić information content (AvgIpc) is 3.41. The van der Waals surface area contributed by atoms with Crippen LogP contribution in [0, 0.1) is 0 Å². The van der Waals surface area contributed by atoms with Crippen LogP contribution in [-0.4, -0.2) is 47.3 Å². The topological polar surface area (TPSA) is 57.6 Å². The van der Waals surface area contributed by atoms with Crippen LogP contribution in [0.25, 0.3) is 0 Å². The van der Waals surface area contributed by atoms with E-state index in [0.717, 1.165) is 43.6 Å². The zero-order chi connectivity index (χ0) is 19.6. The van der Waals surface area contributed by atoms with Gasteiger partial charge >= 0.3 is 6.03 Å². The van der Waals surface area contributed by atoms with Crippen LogP contribution in [0.5, 0.6) is 0 Å².